The zero-order chi connectivity index (χ0) is 61.3. The molecule has 0 aliphatic heterocycles. The number of ether oxygens (including phenoxy) is 4. The first-order valence-electron chi connectivity index (χ1n) is 33.7. The van der Waals surface area contributed by atoms with Crippen molar-refractivity contribution >= 4 is 39.5 Å². The van der Waals surface area contributed by atoms with Crippen LogP contribution in [0.3, 0.4) is 0 Å². The SMILES string of the molecule is CCCCCCCCCCCCC(=O)OC[C@H](COP(=O)(O)OC[C@@H](O)COP(=O)(O)OC[C@@H](COC(=O)CCCCCCCCCCC)OC(=O)CCCCCCCCCCCC)OC(=O)CCCCCCCCCCCCC(C)CC. The van der Waals surface area contributed by atoms with Gasteiger partial charge in [-0.1, -0.05) is 272 Å². The lowest BCUT2D eigenvalue weighted by Gasteiger charge is -2.21. The highest BCUT2D eigenvalue weighted by Crippen LogP contribution is 2.45. The molecule has 0 saturated carbocycles. The van der Waals surface area contributed by atoms with Gasteiger partial charge in [0.25, 0.3) is 0 Å². The molecule has 0 fully saturated rings. The fourth-order valence-electron chi connectivity index (χ4n) is 9.55. The summed E-state index contributed by atoms with van der Waals surface area (Å²) in [5.74, 6) is -1.33. The summed E-state index contributed by atoms with van der Waals surface area (Å²) in [6.07, 6.45) is 41.5. The first kappa shape index (κ1) is 81.1. The molecule has 0 spiro atoms. The van der Waals surface area contributed by atoms with Crippen LogP contribution in [0.5, 0.6) is 0 Å². The molecule has 17 nitrogen and oxygen atoms in total. The van der Waals surface area contributed by atoms with Gasteiger partial charge in [-0.3, -0.25) is 37.3 Å². The van der Waals surface area contributed by atoms with E-state index in [0.717, 1.165) is 95.8 Å². The van der Waals surface area contributed by atoms with Crippen molar-refractivity contribution in [1.82, 2.24) is 0 Å². The van der Waals surface area contributed by atoms with E-state index in [0.29, 0.717) is 25.7 Å². The first-order valence-corrected chi connectivity index (χ1v) is 36.7. The van der Waals surface area contributed by atoms with Crippen molar-refractivity contribution in [2.75, 3.05) is 39.6 Å². The molecule has 492 valence electrons. The summed E-state index contributed by atoms with van der Waals surface area (Å²) in [4.78, 5) is 72.2. The Kier molecular flexibility index (Phi) is 56.4. The van der Waals surface area contributed by atoms with E-state index in [-0.39, 0.29) is 25.7 Å². The molecule has 19 heteroatoms. The smallest absolute Gasteiger partial charge is 0.462 e. The fourth-order valence-corrected chi connectivity index (χ4v) is 11.1. The van der Waals surface area contributed by atoms with Gasteiger partial charge in [0, 0.05) is 25.7 Å². The average molecular weight is 1230 g/mol. The zero-order valence-electron chi connectivity index (χ0n) is 53.3. The Morgan fingerprint density at radius 2 is 0.578 bits per heavy atom. The Balaban J connectivity index is 5.23. The molecule has 0 radical (unpaired) electrons. The molecule has 3 N–H and O–H groups in total. The Bertz CT molecular complexity index is 1620. The van der Waals surface area contributed by atoms with E-state index in [2.05, 4.69) is 34.6 Å². The predicted octanol–water partition coefficient (Wildman–Crippen LogP) is 17.8. The molecule has 0 aromatic heterocycles. The Morgan fingerprint density at radius 3 is 0.855 bits per heavy atom. The molecule has 3 unspecified atom stereocenters. The molecule has 83 heavy (non-hydrogen) atoms. The van der Waals surface area contributed by atoms with Crippen molar-refractivity contribution in [1.29, 1.82) is 0 Å². The van der Waals surface area contributed by atoms with Crippen molar-refractivity contribution in [2.45, 2.75) is 342 Å². The third-order valence-corrected chi connectivity index (χ3v) is 17.0. The average Bonchev–Trinajstić information content (AvgIpc) is 3.46. The number of rotatable bonds is 64. The van der Waals surface area contributed by atoms with E-state index in [1.807, 2.05) is 0 Å². The second-order valence-electron chi connectivity index (χ2n) is 23.4. The maximum Gasteiger partial charge on any atom is 0.472 e. The lowest BCUT2D eigenvalue weighted by atomic mass is 9.99. The summed E-state index contributed by atoms with van der Waals surface area (Å²) < 4.78 is 68.0. The molecular weight excluding hydrogens is 1100 g/mol. The minimum atomic E-state index is -4.94. The third-order valence-electron chi connectivity index (χ3n) is 15.1. The molecule has 0 aliphatic carbocycles. The van der Waals surface area contributed by atoms with Gasteiger partial charge in [-0.2, -0.15) is 0 Å². The summed E-state index contributed by atoms with van der Waals surface area (Å²) in [5, 5.41) is 10.5. The van der Waals surface area contributed by atoms with Crippen molar-refractivity contribution in [3.8, 4) is 0 Å². The van der Waals surface area contributed by atoms with Gasteiger partial charge < -0.3 is 33.8 Å². The summed E-state index contributed by atoms with van der Waals surface area (Å²) in [7, 11) is -9.88. The minimum Gasteiger partial charge on any atom is -0.462 e. The van der Waals surface area contributed by atoms with E-state index < -0.39 is 97.5 Å². The quantitative estimate of drug-likeness (QED) is 0.0222. The van der Waals surface area contributed by atoms with Crippen LogP contribution in [0.15, 0.2) is 0 Å². The largest absolute Gasteiger partial charge is 0.472 e. The van der Waals surface area contributed by atoms with Gasteiger partial charge in [0.15, 0.2) is 12.2 Å². The maximum atomic E-state index is 13.0. The number of hydrogen-bond acceptors (Lipinski definition) is 15. The van der Waals surface area contributed by atoms with Crippen LogP contribution in [0.4, 0.5) is 0 Å². The summed E-state index contributed by atoms with van der Waals surface area (Å²) in [5.41, 5.74) is 0. The van der Waals surface area contributed by atoms with Crippen LogP contribution in [0.25, 0.3) is 0 Å². The molecule has 0 heterocycles. The summed E-state index contributed by atoms with van der Waals surface area (Å²) in [6, 6.07) is 0. The van der Waals surface area contributed by atoms with Crippen LogP contribution in [0, 0.1) is 5.92 Å². The minimum absolute atomic E-state index is 0.106. The molecule has 0 aromatic rings. The highest BCUT2D eigenvalue weighted by Gasteiger charge is 2.30. The molecule has 0 amide bonds. The highest BCUT2D eigenvalue weighted by atomic mass is 31.2. The molecular formula is C64H124O17P2. The van der Waals surface area contributed by atoms with Gasteiger partial charge in [-0.25, -0.2) is 9.13 Å². The van der Waals surface area contributed by atoms with Crippen LogP contribution in [-0.2, 0) is 65.4 Å². The lowest BCUT2D eigenvalue weighted by Crippen LogP contribution is -2.30. The molecule has 0 saturated heterocycles. The van der Waals surface area contributed by atoms with Crippen LogP contribution < -0.4 is 0 Å². The van der Waals surface area contributed by atoms with E-state index >= 15 is 0 Å². The van der Waals surface area contributed by atoms with Gasteiger partial charge in [-0.15, -0.1) is 0 Å². The zero-order valence-corrected chi connectivity index (χ0v) is 55.1. The lowest BCUT2D eigenvalue weighted by molar-refractivity contribution is -0.161. The molecule has 0 bridgehead atoms. The van der Waals surface area contributed by atoms with Gasteiger partial charge >= 0.3 is 39.5 Å². The number of phosphoric ester groups is 2. The predicted molar refractivity (Wildman–Crippen MR) is 331 cm³/mol. The Labute approximate surface area is 505 Å². The number of carbonyl (C=O) groups excluding carboxylic acids is 4. The maximum absolute atomic E-state index is 13.0. The second kappa shape index (κ2) is 57.8. The number of hydrogen-bond donors (Lipinski definition) is 3. The van der Waals surface area contributed by atoms with Crippen molar-refractivity contribution in [3.63, 3.8) is 0 Å². The van der Waals surface area contributed by atoms with Crippen LogP contribution >= 0.6 is 15.6 Å². The monoisotopic (exact) mass is 1230 g/mol. The number of phosphoric acid groups is 2. The molecule has 0 aliphatic rings. The van der Waals surface area contributed by atoms with Gasteiger partial charge in [0.05, 0.1) is 26.4 Å². The Hall–Kier alpha value is -1.94. The number of unbranched alkanes of at least 4 members (excludes halogenated alkanes) is 35. The van der Waals surface area contributed by atoms with Crippen molar-refractivity contribution in [2.24, 2.45) is 5.92 Å². The third kappa shape index (κ3) is 57.6. The van der Waals surface area contributed by atoms with E-state index in [4.69, 9.17) is 37.0 Å². The van der Waals surface area contributed by atoms with Crippen molar-refractivity contribution in [3.05, 3.63) is 0 Å². The summed E-state index contributed by atoms with van der Waals surface area (Å²) >= 11 is 0. The number of esters is 4. The number of aliphatic hydroxyl groups is 1. The summed E-state index contributed by atoms with van der Waals surface area (Å²) in [6.45, 7) is 7.19. The topological polar surface area (TPSA) is 237 Å². The van der Waals surface area contributed by atoms with Crippen LogP contribution in [0.2, 0.25) is 0 Å². The van der Waals surface area contributed by atoms with Crippen LogP contribution in [0.1, 0.15) is 324 Å². The van der Waals surface area contributed by atoms with Crippen LogP contribution in [-0.4, -0.2) is 96.7 Å². The van der Waals surface area contributed by atoms with Gasteiger partial charge in [0.2, 0.25) is 0 Å². The fraction of sp³-hybridized carbons (Fsp3) is 0.938. The van der Waals surface area contributed by atoms with E-state index in [9.17, 15) is 43.2 Å². The van der Waals surface area contributed by atoms with Gasteiger partial charge in [0.1, 0.15) is 19.3 Å². The number of carbonyl (C=O) groups is 4. The number of aliphatic hydroxyl groups excluding tert-OH is 1. The normalized spacial score (nSPS) is 14.6. The molecule has 6 atom stereocenters. The highest BCUT2D eigenvalue weighted by molar-refractivity contribution is 7.47. The Morgan fingerprint density at radius 1 is 0.337 bits per heavy atom. The molecule has 0 rings (SSSR count). The molecule has 0 aromatic carbocycles. The van der Waals surface area contributed by atoms with Crippen molar-refractivity contribution < 1.29 is 80.2 Å². The van der Waals surface area contributed by atoms with E-state index in [1.165, 1.54) is 148 Å². The van der Waals surface area contributed by atoms with E-state index in [1.54, 1.807) is 0 Å². The second-order valence-corrected chi connectivity index (χ2v) is 26.3. The first-order chi connectivity index (χ1) is 40.1. The van der Waals surface area contributed by atoms with Gasteiger partial charge in [-0.05, 0) is 31.6 Å². The standard InChI is InChI=1S/C64H124O17P2/c1-6-10-13-16-19-22-28-33-38-43-48-62(67)75-54-60(81-64(69)50-45-40-35-30-25-24-27-31-36-41-46-57(5)9-4)56-79-83(72,73)77-52-58(65)51-76-82(70,71)78-55-59(53-74-61(66)47-42-37-32-26-21-18-15-12-8-3)80-63(68)49-44-39-34-29-23-20-17-14-11-7-2/h57-60,65H,6-56H2,1-5H3,(H,70,71)(H,72,73)/t57?,58-,59+,60+/m0/s1.